The molecule has 0 fully saturated rings. The highest BCUT2D eigenvalue weighted by molar-refractivity contribution is 7.92. The Labute approximate surface area is 128 Å². The third kappa shape index (κ3) is 4.34. The minimum Gasteiger partial charge on any atom is -0.296 e. The van der Waals surface area contributed by atoms with Gasteiger partial charge in [0.1, 0.15) is 5.82 Å². The van der Waals surface area contributed by atoms with Gasteiger partial charge in [0, 0.05) is 5.02 Å². The number of nitrogens with one attached hydrogen (secondary N) is 2. The van der Waals surface area contributed by atoms with Crippen LogP contribution in [-0.2, 0) is 10.0 Å². The van der Waals surface area contributed by atoms with Crippen LogP contribution in [-0.4, -0.2) is 30.8 Å². The Hall–Kier alpha value is -1.78. The van der Waals surface area contributed by atoms with Crippen LogP contribution in [0.2, 0.25) is 5.02 Å². The topological polar surface area (TPSA) is 101 Å². The maximum atomic E-state index is 13.6. The second-order valence-corrected chi connectivity index (χ2v) is 7.03. The number of rotatable bonds is 4. The number of benzene rings is 1. The van der Waals surface area contributed by atoms with Crippen molar-refractivity contribution in [3.63, 3.8) is 0 Å². The Bertz CT molecular complexity index is 793. The third-order valence-corrected chi connectivity index (χ3v) is 3.78. The van der Waals surface area contributed by atoms with E-state index in [9.17, 15) is 17.6 Å². The van der Waals surface area contributed by atoms with E-state index in [0.717, 1.165) is 23.7 Å². The van der Waals surface area contributed by atoms with Gasteiger partial charge in [0.2, 0.25) is 20.3 Å². The quantitative estimate of drug-likeness (QED) is 0.877. The molecule has 11 heteroatoms. The van der Waals surface area contributed by atoms with Gasteiger partial charge in [-0.3, -0.25) is 14.8 Å². The zero-order valence-electron chi connectivity index (χ0n) is 10.4. The molecule has 1 aromatic carbocycles. The summed E-state index contributed by atoms with van der Waals surface area (Å²) in [6.45, 7) is 0. The largest absolute Gasteiger partial charge is 0.296 e. The van der Waals surface area contributed by atoms with Crippen LogP contribution in [0.3, 0.4) is 0 Å². The van der Waals surface area contributed by atoms with E-state index in [0.29, 0.717) is 0 Å². The molecule has 1 amide bonds. The molecule has 2 N–H and O–H groups in total. The summed E-state index contributed by atoms with van der Waals surface area (Å²) in [5.74, 6) is -1.52. The first-order chi connectivity index (χ1) is 9.74. The van der Waals surface area contributed by atoms with Gasteiger partial charge < -0.3 is 0 Å². The summed E-state index contributed by atoms with van der Waals surface area (Å²) in [7, 11) is -3.49. The molecule has 0 spiro atoms. The van der Waals surface area contributed by atoms with Gasteiger partial charge in [-0.25, -0.2) is 12.8 Å². The second-order valence-electron chi connectivity index (χ2n) is 3.86. The number of sulfonamides is 1. The molecule has 0 atom stereocenters. The molecule has 0 saturated heterocycles. The number of hydrogen-bond acceptors (Lipinski definition) is 6. The van der Waals surface area contributed by atoms with Crippen LogP contribution in [0, 0.1) is 5.82 Å². The van der Waals surface area contributed by atoms with Crippen LogP contribution in [0.5, 0.6) is 0 Å². The highest BCUT2D eigenvalue weighted by Gasteiger charge is 2.15. The zero-order valence-corrected chi connectivity index (χ0v) is 12.8. The lowest BCUT2D eigenvalue weighted by Gasteiger charge is -2.02. The summed E-state index contributed by atoms with van der Waals surface area (Å²) in [6.07, 6.45) is 0.954. The summed E-state index contributed by atoms with van der Waals surface area (Å²) >= 11 is 6.39. The maximum absolute atomic E-state index is 13.6. The second kappa shape index (κ2) is 5.92. The van der Waals surface area contributed by atoms with Crippen molar-refractivity contribution in [3.05, 3.63) is 34.6 Å². The lowest BCUT2D eigenvalue weighted by molar-refractivity contribution is 0.102. The first kappa shape index (κ1) is 15.6. The summed E-state index contributed by atoms with van der Waals surface area (Å²) in [6, 6.07) is 3.60. The van der Waals surface area contributed by atoms with Crippen LogP contribution >= 0.6 is 22.9 Å². The average Bonchev–Trinajstić information content (AvgIpc) is 2.73. The normalized spacial score (nSPS) is 11.2. The minimum atomic E-state index is -3.49. The van der Waals surface area contributed by atoms with Gasteiger partial charge in [-0.2, -0.15) is 0 Å². The van der Waals surface area contributed by atoms with Gasteiger partial charge in [0.25, 0.3) is 5.91 Å². The number of hydrogen-bond donors (Lipinski definition) is 2. The highest BCUT2D eigenvalue weighted by atomic mass is 35.5. The first-order valence-corrected chi connectivity index (χ1v) is 8.41. The minimum absolute atomic E-state index is 0.00984. The number of carbonyl (C=O) groups excluding carboxylic acids is 1. The Kier molecular flexibility index (Phi) is 4.40. The van der Waals surface area contributed by atoms with Crippen molar-refractivity contribution >= 4 is 49.1 Å². The fourth-order valence-electron chi connectivity index (χ4n) is 1.31. The molecule has 1 aromatic heterocycles. The van der Waals surface area contributed by atoms with Crippen molar-refractivity contribution in [1.29, 1.82) is 0 Å². The molecule has 1 heterocycles. The molecule has 2 aromatic rings. The van der Waals surface area contributed by atoms with E-state index in [1.807, 2.05) is 0 Å². The van der Waals surface area contributed by atoms with E-state index in [4.69, 9.17) is 11.6 Å². The van der Waals surface area contributed by atoms with Gasteiger partial charge in [0.05, 0.1) is 11.8 Å². The molecule has 2 rings (SSSR count). The van der Waals surface area contributed by atoms with Crippen molar-refractivity contribution in [2.75, 3.05) is 16.3 Å². The predicted molar refractivity (Wildman–Crippen MR) is 77.7 cm³/mol. The third-order valence-electron chi connectivity index (χ3n) is 2.09. The molecule has 0 bridgehead atoms. The molecule has 112 valence electrons. The summed E-state index contributed by atoms with van der Waals surface area (Å²) in [5.41, 5.74) is -0.216. The number of carbonyl (C=O) groups is 1. The number of anilines is 2. The van der Waals surface area contributed by atoms with E-state index in [1.165, 1.54) is 12.1 Å². The van der Waals surface area contributed by atoms with Crippen LogP contribution in [0.4, 0.5) is 14.7 Å². The van der Waals surface area contributed by atoms with Crippen LogP contribution in [0.1, 0.15) is 10.4 Å². The van der Waals surface area contributed by atoms with E-state index >= 15 is 0 Å². The smallest absolute Gasteiger partial charge is 0.260 e. The fourth-order valence-corrected chi connectivity index (χ4v) is 2.94. The molecule has 7 nitrogen and oxygen atoms in total. The summed E-state index contributed by atoms with van der Waals surface area (Å²) in [5, 5.41) is 9.61. The van der Waals surface area contributed by atoms with Crippen molar-refractivity contribution in [2.45, 2.75) is 0 Å². The summed E-state index contributed by atoms with van der Waals surface area (Å²) < 4.78 is 37.7. The Morgan fingerprint density at radius 2 is 2.00 bits per heavy atom. The Morgan fingerprint density at radius 1 is 1.33 bits per heavy atom. The lowest BCUT2D eigenvalue weighted by atomic mass is 10.2. The summed E-state index contributed by atoms with van der Waals surface area (Å²) in [4.78, 5) is 11.8. The lowest BCUT2D eigenvalue weighted by Crippen LogP contribution is -2.13. The Balaban J connectivity index is 2.13. The standard InChI is InChI=1S/C10H8ClFN4O3S2/c1-21(18,19)16-10-15-14-9(20-10)13-8(17)6-3-2-5(11)4-7(6)12/h2-4H,1H3,(H,15,16)(H,13,14,17). The van der Waals surface area contributed by atoms with Crippen LogP contribution in [0.15, 0.2) is 18.2 Å². The monoisotopic (exact) mass is 350 g/mol. The van der Waals surface area contributed by atoms with Crippen molar-refractivity contribution < 1.29 is 17.6 Å². The van der Waals surface area contributed by atoms with E-state index in [1.54, 1.807) is 0 Å². The molecule has 21 heavy (non-hydrogen) atoms. The highest BCUT2D eigenvalue weighted by Crippen LogP contribution is 2.22. The molecule has 0 aliphatic heterocycles. The van der Waals surface area contributed by atoms with Crippen molar-refractivity contribution in [3.8, 4) is 0 Å². The Morgan fingerprint density at radius 3 is 2.62 bits per heavy atom. The fraction of sp³-hybridized carbons (Fsp3) is 0.100. The molecular formula is C10H8ClFN4O3S2. The SMILES string of the molecule is CS(=O)(=O)Nc1nnc(NC(=O)c2ccc(Cl)cc2F)s1. The van der Waals surface area contributed by atoms with E-state index in [-0.39, 0.29) is 20.8 Å². The van der Waals surface area contributed by atoms with E-state index in [2.05, 4.69) is 20.2 Å². The molecular weight excluding hydrogens is 343 g/mol. The average molecular weight is 351 g/mol. The van der Waals surface area contributed by atoms with Gasteiger partial charge in [-0.1, -0.05) is 22.9 Å². The number of halogens is 2. The van der Waals surface area contributed by atoms with Crippen LogP contribution < -0.4 is 10.0 Å². The van der Waals surface area contributed by atoms with Gasteiger partial charge in [0.15, 0.2) is 0 Å². The molecule has 0 aliphatic rings. The number of nitrogens with zero attached hydrogens (tertiary/aromatic N) is 2. The van der Waals surface area contributed by atoms with Crippen molar-refractivity contribution in [1.82, 2.24) is 10.2 Å². The van der Waals surface area contributed by atoms with Gasteiger partial charge in [-0.05, 0) is 18.2 Å². The maximum Gasteiger partial charge on any atom is 0.260 e. The molecule has 0 unspecified atom stereocenters. The number of amides is 1. The predicted octanol–water partition coefficient (Wildman–Crippen LogP) is 1.95. The zero-order chi connectivity index (χ0) is 15.6. The first-order valence-electron chi connectivity index (χ1n) is 5.32. The van der Waals surface area contributed by atoms with Gasteiger partial charge >= 0.3 is 0 Å². The van der Waals surface area contributed by atoms with Gasteiger partial charge in [-0.15, -0.1) is 10.2 Å². The molecule has 0 aliphatic carbocycles. The molecule has 0 radical (unpaired) electrons. The number of aromatic nitrogens is 2. The van der Waals surface area contributed by atoms with E-state index < -0.39 is 21.7 Å². The van der Waals surface area contributed by atoms with Crippen molar-refractivity contribution in [2.24, 2.45) is 0 Å². The van der Waals surface area contributed by atoms with Crippen LogP contribution in [0.25, 0.3) is 0 Å². The molecule has 0 saturated carbocycles.